The van der Waals surface area contributed by atoms with E-state index in [9.17, 15) is 0 Å². The molecule has 0 atom stereocenters. The molecule has 0 amide bonds. The fourth-order valence-corrected chi connectivity index (χ4v) is 0.891. The van der Waals surface area contributed by atoms with E-state index < -0.39 is 0 Å². The molecule has 0 N–H and O–H groups in total. The van der Waals surface area contributed by atoms with Crippen molar-refractivity contribution in [1.29, 1.82) is 0 Å². The van der Waals surface area contributed by atoms with Gasteiger partial charge in [-0.1, -0.05) is 13.8 Å². The van der Waals surface area contributed by atoms with E-state index in [1.54, 1.807) is 0 Å². The third-order valence-corrected chi connectivity index (χ3v) is 1.53. The van der Waals surface area contributed by atoms with E-state index in [4.69, 9.17) is 20.8 Å². The average Bonchev–Trinajstić information content (AvgIpc) is 2.52. The van der Waals surface area contributed by atoms with E-state index in [0.717, 1.165) is 0 Å². The second-order valence-electron chi connectivity index (χ2n) is 3.13. The molecule has 0 unspecified atom stereocenters. The number of aromatic nitrogens is 2. The Kier molecular flexibility index (Phi) is 4.18. The first-order chi connectivity index (χ1) is 6.22. The highest BCUT2D eigenvalue weighted by Crippen LogP contribution is 2.04. The molecule has 1 aromatic rings. The lowest BCUT2D eigenvalue weighted by atomic mass is 10.2. The second kappa shape index (κ2) is 5.19. The molecular weight excluding hydrogens is 192 g/mol. The van der Waals surface area contributed by atoms with Gasteiger partial charge >= 0.3 is 0 Å². The Bertz CT molecular complexity index is 250. The van der Waals surface area contributed by atoms with E-state index in [1.807, 2.05) is 0 Å². The van der Waals surface area contributed by atoms with Gasteiger partial charge in [0.25, 0.3) is 0 Å². The maximum absolute atomic E-state index is 5.49. The first kappa shape index (κ1) is 10.5. The molecule has 0 fully saturated rings. The third-order valence-electron chi connectivity index (χ3n) is 1.30. The van der Waals surface area contributed by atoms with Crippen molar-refractivity contribution < 1.29 is 9.15 Å². The van der Waals surface area contributed by atoms with Crippen LogP contribution in [0.15, 0.2) is 4.42 Å². The molecule has 0 saturated heterocycles. The van der Waals surface area contributed by atoms with Crippen LogP contribution in [0.1, 0.15) is 25.6 Å². The highest BCUT2D eigenvalue weighted by molar-refractivity contribution is 6.16. The van der Waals surface area contributed by atoms with Gasteiger partial charge in [0.05, 0.1) is 0 Å². The molecule has 0 radical (unpaired) electrons. The van der Waals surface area contributed by atoms with Gasteiger partial charge in [0, 0.05) is 6.61 Å². The van der Waals surface area contributed by atoms with E-state index in [1.165, 1.54) is 0 Å². The minimum absolute atomic E-state index is 0.247. The fourth-order valence-electron chi connectivity index (χ4n) is 0.783. The quantitative estimate of drug-likeness (QED) is 0.689. The summed E-state index contributed by atoms with van der Waals surface area (Å²) in [5, 5.41) is 7.46. The minimum Gasteiger partial charge on any atom is -0.421 e. The number of nitrogens with zero attached hydrogens (tertiary/aromatic N) is 2. The third kappa shape index (κ3) is 3.74. The molecule has 13 heavy (non-hydrogen) atoms. The zero-order chi connectivity index (χ0) is 9.68. The predicted octanol–water partition coefficient (Wildman–Crippen LogP) is 1.98. The van der Waals surface area contributed by atoms with Crippen molar-refractivity contribution in [2.24, 2.45) is 5.92 Å². The lowest BCUT2D eigenvalue weighted by Crippen LogP contribution is -2.01. The highest BCUT2D eigenvalue weighted by atomic mass is 35.5. The molecule has 0 spiro atoms. The smallest absolute Gasteiger partial charge is 0.242 e. The zero-order valence-corrected chi connectivity index (χ0v) is 8.54. The number of rotatable bonds is 5. The standard InChI is InChI=1S/C8H13ClN2O2/c1-6(2)4-12-5-8-11-10-7(3-9)13-8/h6H,3-5H2,1-2H3. The number of hydrogen-bond acceptors (Lipinski definition) is 4. The summed E-state index contributed by atoms with van der Waals surface area (Å²) in [5.74, 6) is 1.67. The SMILES string of the molecule is CC(C)COCc1nnc(CCl)o1. The van der Waals surface area contributed by atoms with Gasteiger partial charge in [0.15, 0.2) is 0 Å². The van der Waals surface area contributed by atoms with Crippen molar-refractivity contribution in [3.63, 3.8) is 0 Å². The van der Waals surface area contributed by atoms with Crippen LogP contribution in [0, 0.1) is 5.92 Å². The van der Waals surface area contributed by atoms with Crippen LogP contribution in [-0.2, 0) is 17.2 Å². The van der Waals surface area contributed by atoms with Crippen molar-refractivity contribution in [2.45, 2.75) is 26.3 Å². The Balaban J connectivity index is 2.28. The number of ether oxygens (including phenoxy) is 1. The van der Waals surface area contributed by atoms with Gasteiger partial charge < -0.3 is 9.15 Å². The van der Waals surface area contributed by atoms with Crippen LogP contribution >= 0.6 is 11.6 Å². The van der Waals surface area contributed by atoms with Crippen LogP contribution in [0.2, 0.25) is 0 Å². The zero-order valence-electron chi connectivity index (χ0n) is 7.79. The number of halogens is 1. The fraction of sp³-hybridized carbons (Fsp3) is 0.750. The summed E-state index contributed by atoms with van der Waals surface area (Å²) in [5.41, 5.74) is 0. The monoisotopic (exact) mass is 204 g/mol. The summed E-state index contributed by atoms with van der Waals surface area (Å²) in [6, 6.07) is 0. The molecule has 1 rings (SSSR count). The molecule has 74 valence electrons. The van der Waals surface area contributed by atoms with Crippen molar-refractivity contribution in [2.75, 3.05) is 6.61 Å². The average molecular weight is 205 g/mol. The van der Waals surface area contributed by atoms with Gasteiger partial charge in [-0.2, -0.15) is 0 Å². The largest absolute Gasteiger partial charge is 0.421 e. The first-order valence-electron chi connectivity index (χ1n) is 4.17. The van der Waals surface area contributed by atoms with Crippen LogP contribution in [0.4, 0.5) is 0 Å². The van der Waals surface area contributed by atoms with Gasteiger partial charge in [0.2, 0.25) is 11.8 Å². The Hall–Kier alpha value is -0.610. The van der Waals surface area contributed by atoms with Crippen LogP contribution < -0.4 is 0 Å². The summed E-state index contributed by atoms with van der Waals surface area (Å²) in [6.45, 7) is 5.22. The summed E-state index contributed by atoms with van der Waals surface area (Å²) < 4.78 is 10.4. The van der Waals surface area contributed by atoms with Crippen molar-refractivity contribution in [3.05, 3.63) is 11.8 Å². The van der Waals surface area contributed by atoms with Crippen molar-refractivity contribution in [3.8, 4) is 0 Å². The Labute approximate surface area is 82.2 Å². The Morgan fingerprint density at radius 2 is 2.08 bits per heavy atom. The minimum atomic E-state index is 0.247. The van der Waals surface area contributed by atoms with E-state index in [0.29, 0.717) is 30.9 Å². The predicted molar refractivity (Wildman–Crippen MR) is 48.3 cm³/mol. The van der Waals surface area contributed by atoms with Crippen LogP contribution in [0.25, 0.3) is 0 Å². The maximum atomic E-state index is 5.49. The second-order valence-corrected chi connectivity index (χ2v) is 3.40. The van der Waals surface area contributed by atoms with Crippen LogP contribution in [0.5, 0.6) is 0 Å². The molecule has 0 saturated carbocycles. The first-order valence-corrected chi connectivity index (χ1v) is 4.70. The van der Waals surface area contributed by atoms with Gasteiger partial charge in [-0.3, -0.25) is 0 Å². The van der Waals surface area contributed by atoms with E-state index >= 15 is 0 Å². The Morgan fingerprint density at radius 3 is 2.62 bits per heavy atom. The summed E-state index contributed by atoms with van der Waals surface area (Å²) in [4.78, 5) is 0. The molecule has 0 aliphatic rings. The topological polar surface area (TPSA) is 48.2 Å². The molecular formula is C8H13ClN2O2. The Morgan fingerprint density at radius 1 is 1.38 bits per heavy atom. The molecule has 0 aromatic carbocycles. The highest BCUT2D eigenvalue weighted by Gasteiger charge is 2.04. The van der Waals surface area contributed by atoms with Crippen LogP contribution in [0.3, 0.4) is 0 Å². The molecule has 0 aliphatic carbocycles. The summed E-state index contributed by atoms with van der Waals surface area (Å²) >= 11 is 5.49. The lowest BCUT2D eigenvalue weighted by molar-refractivity contribution is 0.0809. The molecule has 1 heterocycles. The maximum Gasteiger partial charge on any atom is 0.242 e. The van der Waals surface area contributed by atoms with Crippen LogP contribution in [-0.4, -0.2) is 16.8 Å². The number of hydrogen-bond donors (Lipinski definition) is 0. The molecule has 0 bridgehead atoms. The van der Waals surface area contributed by atoms with Gasteiger partial charge in [-0.05, 0) is 5.92 Å². The van der Waals surface area contributed by atoms with Gasteiger partial charge in [0.1, 0.15) is 12.5 Å². The molecule has 1 aromatic heterocycles. The molecule has 4 nitrogen and oxygen atoms in total. The van der Waals surface area contributed by atoms with E-state index in [2.05, 4.69) is 24.0 Å². The summed E-state index contributed by atoms with van der Waals surface area (Å²) in [6.07, 6.45) is 0. The number of alkyl halides is 1. The normalized spacial score (nSPS) is 11.1. The lowest BCUT2D eigenvalue weighted by Gasteiger charge is -2.02. The van der Waals surface area contributed by atoms with E-state index in [-0.39, 0.29) is 5.88 Å². The van der Waals surface area contributed by atoms with Gasteiger partial charge in [-0.15, -0.1) is 21.8 Å². The van der Waals surface area contributed by atoms with Gasteiger partial charge in [-0.25, -0.2) is 0 Å². The molecule has 5 heteroatoms. The van der Waals surface area contributed by atoms with Crippen molar-refractivity contribution in [1.82, 2.24) is 10.2 Å². The summed E-state index contributed by atoms with van der Waals surface area (Å²) in [7, 11) is 0. The molecule has 0 aliphatic heterocycles. The van der Waals surface area contributed by atoms with Crippen molar-refractivity contribution >= 4 is 11.6 Å².